The van der Waals surface area contributed by atoms with Crippen molar-refractivity contribution in [2.24, 2.45) is 13.0 Å². The molecule has 1 aromatic carbocycles. The first-order chi connectivity index (χ1) is 14.8. The average Bonchev–Trinajstić information content (AvgIpc) is 3.29. The van der Waals surface area contributed by atoms with Crippen molar-refractivity contribution in [3.8, 4) is 17.2 Å². The summed E-state index contributed by atoms with van der Waals surface area (Å²) in [7, 11) is 4.70. The smallest absolute Gasteiger partial charge is 0.236 e. The number of aryl methyl sites for hydroxylation is 1. The second kappa shape index (κ2) is 7.88. The van der Waals surface area contributed by atoms with Gasteiger partial charge in [0, 0.05) is 43.8 Å². The monoisotopic (exact) mass is 446 g/mol. The van der Waals surface area contributed by atoms with Gasteiger partial charge in [0.15, 0.2) is 11.6 Å². The Morgan fingerprint density at radius 3 is 2.68 bits per heavy atom. The first-order valence-electron chi connectivity index (χ1n) is 9.83. The minimum Gasteiger partial charge on any atom is -0.496 e. The number of benzene rings is 1. The van der Waals surface area contributed by atoms with Gasteiger partial charge in [-0.3, -0.25) is 14.3 Å². The molecule has 10 heteroatoms. The van der Waals surface area contributed by atoms with Crippen LogP contribution in [0.2, 0.25) is 5.02 Å². The van der Waals surface area contributed by atoms with E-state index in [9.17, 15) is 9.59 Å². The Labute approximate surface area is 184 Å². The second-order valence-corrected chi connectivity index (χ2v) is 7.99. The molecular weight excluding hydrogens is 424 g/mol. The van der Waals surface area contributed by atoms with Crippen LogP contribution in [0, 0.1) is 5.92 Å². The highest BCUT2D eigenvalue weighted by molar-refractivity contribution is 6.36. The van der Waals surface area contributed by atoms with Crippen LogP contribution in [-0.4, -0.2) is 52.7 Å². The van der Waals surface area contributed by atoms with Gasteiger partial charge in [-0.25, -0.2) is 4.98 Å². The van der Waals surface area contributed by atoms with Gasteiger partial charge < -0.3 is 19.5 Å². The number of halogens is 1. The lowest BCUT2D eigenvalue weighted by Gasteiger charge is -2.35. The summed E-state index contributed by atoms with van der Waals surface area (Å²) < 4.78 is 18.3. The fourth-order valence-electron chi connectivity index (χ4n) is 4.09. The molecule has 1 aliphatic heterocycles. The molecule has 0 fully saturated rings. The SMILES string of the molecule is COc1cc(OC)c2c(c1Cl)OC1(C(=O)C=C(NCCc3ncn(C)n3)CC1C)C2=O. The minimum atomic E-state index is -1.67. The van der Waals surface area contributed by atoms with Gasteiger partial charge in [0.1, 0.15) is 28.4 Å². The molecule has 2 aromatic rings. The summed E-state index contributed by atoms with van der Waals surface area (Å²) in [5.41, 5.74) is -0.763. The molecule has 9 nitrogen and oxygen atoms in total. The van der Waals surface area contributed by atoms with E-state index in [4.69, 9.17) is 25.8 Å². The van der Waals surface area contributed by atoms with Gasteiger partial charge in [-0.05, 0) is 6.42 Å². The molecule has 1 N–H and O–H groups in total. The van der Waals surface area contributed by atoms with E-state index in [-0.39, 0.29) is 22.1 Å². The zero-order valence-electron chi connectivity index (χ0n) is 17.7. The van der Waals surface area contributed by atoms with Gasteiger partial charge in [-0.2, -0.15) is 5.10 Å². The van der Waals surface area contributed by atoms with Gasteiger partial charge in [-0.1, -0.05) is 18.5 Å². The maximum absolute atomic E-state index is 13.4. The Balaban J connectivity index is 1.59. The lowest BCUT2D eigenvalue weighted by Crippen LogP contribution is -2.55. The second-order valence-electron chi connectivity index (χ2n) is 7.62. The lowest BCUT2D eigenvalue weighted by atomic mass is 9.74. The predicted octanol–water partition coefficient (Wildman–Crippen LogP) is 2.12. The highest BCUT2D eigenvalue weighted by Crippen LogP contribution is 2.52. The number of nitrogens with zero attached hydrogens (tertiary/aromatic N) is 3. The van der Waals surface area contributed by atoms with Gasteiger partial charge in [0.05, 0.1) is 14.2 Å². The summed E-state index contributed by atoms with van der Waals surface area (Å²) >= 11 is 6.39. The molecule has 0 bridgehead atoms. The van der Waals surface area contributed by atoms with Crippen LogP contribution in [0.4, 0.5) is 0 Å². The number of ketones is 2. The number of ether oxygens (including phenoxy) is 3. The Kier molecular flexibility index (Phi) is 5.38. The largest absolute Gasteiger partial charge is 0.496 e. The summed E-state index contributed by atoms with van der Waals surface area (Å²) in [5.74, 6) is 0.0919. The van der Waals surface area contributed by atoms with Crippen LogP contribution in [0.5, 0.6) is 17.2 Å². The molecule has 1 spiro atoms. The summed E-state index contributed by atoms with van der Waals surface area (Å²) in [6, 6.07) is 1.52. The van der Waals surface area contributed by atoms with Crippen molar-refractivity contribution in [1.29, 1.82) is 0 Å². The van der Waals surface area contributed by atoms with Crippen LogP contribution >= 0.6 is 11.6 Å². The zero-order valence-corrected chi connectivity index (χ0v) is 18.4. The maximum Gasteiger partial charge on any atom is 0.236 e. The number of allylic oxidation sites excluding steroid dienone is 1. The molecule has 2 unspecified atom stereocenters. The normalized spacial score (nSPS) is 22.2. The number of hydrogen-bond donors (Lipinski definition) is 1. The summed E-state index contributed by atoms with van der Waals surface area (Å²) in [4.78, 5) is 30.8. The molecule has 0 saturated heterocycles. The molecular formula is C21H23ClN4O5. The number of rotatable bonds is 6. The van der Waals surface area contributed by atoms with Gasteiger partial charge in [-0.15, -0.1) is 0 Å². The molecule has 0 radical (unpaired) electrons. The van der Waals surface area contributed by atoms with Crippen molar-refractivity contribution in [1.82, 2.24) is 20.1 Å². The standard InChI is InChI=1S/C21H23ClN4O5/c1-11-7-12(23-6-5-16-24-10-26(2)25-16)8-15(27)21(11)20(28)17-13(29-3)9-14(30-4)18(22)19(17)31-21/h8-11,23H,5-7H2,1-4H3. The highest BCUT2D eigenvalue weighted by atomic mass is 35.5. The van der Waals surface area contributed by atoms with E-state index in [2.05, 4.69) is 15.4 Å². The molecule has 31 heavy (non-hydrogen) atoms. The molecule has 164 valence electrons. The topological polar surface area (TPSA) is 105 Å². The van der Waals surface area contributed by atoms with Crippen LogP contribution in [-0.2, 0) is 18.3 Å². The van der Waals surface area contributed by atoms with Crippen molar-refractivity contribution in [2.45, 2.75) is 25.4 Å². The number of fused-ring (bicyclic) bond motifs is 1. The third kappa shape index (κ3) is 3.33. The number of aromatic nitrogens is 3. The van der Waals surface area contributed by atoms with Crippen LogP contribution in [0.25, 0.3) is 0 Å². The zero-order chi connectivity index (χ0) is 22.3. The number of carbonyl (C=O) groups excluding carboxylic acids is 2. The molecule has 2 aliphatic rings. The Hall–Kier alpha value is -3.07. The fraction of sp³-hybridized carbons (Fsp3) is 0.429. The summed E-state index contributed by atoms with van der Waals surface area (Å²) in [6.45, 7) is 2.38. The molecule has 1 aliphatic carbocycles. The number of carbonyl (C=O) groups is 2. The maximum atomic E-state index is 13.4. The summed E-state index contributed by atoms with van der Waals surface area (Å²) in [6.07, 6.45) is 4.14. The van der Waals surface area contributed by atoms with E-state index in [0.29, 0.717) is 31.0 Å². The van der Waals surface area contributed by atoms with Gasteiger partial charge in [0.25, 0.3) is 0 Å². The van der Waals surface area contributed by atoms with E-state index in [1.54, 1.807) is 18.1 Å². The first-order valence-corrected chi connectivity index (χ1v) is 10.2. The number of Topliss-reactive ketones (excluding diaryl/α,β-unsaturated/α-hetero) is 1. The Morgan fingerprint density at radius 1 is 1.32 bits per heavy atom. The Bertz CT molecular complexity index is 1100. The molecule has 2 heterocycles. The van der Waals surface area contributed by atoms with Gasteiger partial charge in [0.2, 0.25) is 17.2 Å². The van der Waals surface area contributed by atoms with Crippen molar-refractivity contribution in [3.63, 3.8) is 0 Å². The molecule has 1 aromatic heterocycles. The van der Waals surface area contributed by atoms with E-state index in [0.717, 1.165) is 5.70 Å². The van der Waals surface area contributed by atoms with Crippen LogP contribution in [0.15, 0.2) is 24.2 Å². The van der Waals surface area contributed by atoms with Crippen molar-refractivity contribution in [3.05, 3.63) is 40.6 Å². The third-order valence-corrected chi connectivity index (χ3v) is 6.02. The van der Waals surface area contributed by atoms with Crippen LogP contribution < -0.4 is 19.5 Å². The van der Waals surface area contributed by atoms with Crippen molar-refractivity contribution < 1.29 is 23.8 Å². The average molecular weight is 447 g/mol. The highest BCUT2D eigenvalue weighted by Gasteiger charge is 2.60. The van der Waals surface area contributed by atoms with E-state index >= 15 is 0 Å². The molecule has 2 atom stereocenters. The van der Waals surface area contributed by atoms with E-state index in [1.165, 1.54) is 26.4 Å². The van der Waals surface area contributed by atoms with Crippen molar-refractivity contribution >= 4 is 23.2 Å². The molecule has 4 rings (SSSR count). The fourth-order valence-corrected chi connectivity index (χ4v) is 4.35. The number of nitrogens with one attached hydrogen (secondary N) is 1. The predicted molar refractivity (Wildman–Crippen MR) is 112 cm³/mol. The van der Waals surface area contributed by atoms with Crippen LogP contribution in [0.3, 0.4) is 0 Å². The first kappa shape index (κ1) is 21.2. The lowest BCUT2D eigenvalue weighted by molar-refractivity contribution is -0.129. The number of methoxy groups -OCH3 is 2. The van der Waals surface area contributed by atoms with Crippen molar-refractivity contribution in [2.75, 3.05) is 20.8 Å². The minimum absolute atomic E-state index is 0.120. The quantitative estimate of drug-likeness (QED) is 0.673. The third-order valence-electron chi connectivity index (χ3n) is 5.66. The van der Waals surface area contributed by atoms with Crippen LogP contribution in [0.1, 0.15) is 29.5 Å². The Morgan fingerprint density at radius 2 is 2.06 bits per heavy atom. The molecule has 0 amide bonds. The van der Waals surface area contributed by atoms with E-state index < -0.39 is 23.1 Å². The van der Waals surface area contributed by atoms with E-state index in [1.807, 2.05) is 6.92 Å². The molecule has 0 saturated carbocycles. The number of hydrogen-bond acceptors (Lipinski definition) is 8. The van der Waals surface area contributed by atoms with Gasteiger partial charge >= 0.3 is 0 Å². The summed E-state index contributed by atoms with van der Waals surface area (Å²) in [5, 5.41) is 7.62.